The molecule has 1 aliphatic heterocycles. The molecule has 2 heterocycles. The number of furan rings is 1. The van der Waals surface area contributed by atoms with E-state index < -0.39 is 5.97 Å². The van der Waals surface area contributed by atoms with Gasteiger partial charge in [-0.15, -0.1) is 0 Å². The molecule has 5 nitrogen and oxygen atoms in total. The van der Waals surface area contributed by atoms with Gasteiger partial charge in [0.2, 0.25) is 5.76 Å². The van der Waals surface area contributed by atoms with Gasteiger partial charge in [-0.2, -0.15) is 0 Å². The normalized spacial score (nSPS) is 20.9. The second-order valence-electron chi connectivity index (χ2n) is 4.43. The van der Waals surface area contributed by atoms with Crippen molar-refractivity contribution >= 4 is 5.97 Å². The zero-order valence-electron chi connectivity index (χ0n) is 9.89. The Morgan fingerprint density at radius 3 is 3.24 bits per heavy atom. The Kier molecular flexibility index (Phi) is 3.81. The fraction of sp³-hybridized carbons (Fsp3) is 0.583. The molecule has 0 radical (unpaired) electrons. The minimum atomic E-state index is -1.00. The van der Waals surface area contributed by atoms with Crippen molar-refractivity contribution in [2.75, 3.05) is 26.8 Å². The largest absolute Gasteiger partial charge is 0.475 e. The number of carboxylic acids is 1. The maximum atomic E-state index is 10.9. The van der Waals surface area contributed by atoms with Gasteiger partial charge >= 0.3 is 5.97 Å². The molecule has 1 unspecified atom stereocenters. The fourth-order valence-corrected chi connectivity index (χ4v) is 2.32. The van der Waals surface area contributed by atoms with Gasteiger partial charge in [0.25, 0.3) is 0 Å². The second-order valence-corrected chi connectivity index (χ2v) is 4.43. The van der Waals surface area contributed by atoms with Gasteiger partial charge in [-0.25, -0.2) is 4.79 Å². The maximum Gasteiger partial charge on any atom is 0.372 e. The first kappa shape index (κ1) is 12.1. The first-order valence-electron chi connectivity index (χ1n) is 5.71. The van der Waals surface area contributed by atoms with Crippen LogP contribution in [-0.4, -0.2) is 42.8 Å². The summed E-state index contributed by atoms with van der Waals surface area (Å²) in [5, 5.41) is 8.93. The van der Waals surface area contributed by atoms with Crippen molar-refractivity contribution in [3.05, 3.63) is 23.7 Å². The van der Waals surface area contributed by atoms with E-state index in [-0.39, 0.29) is 5.76 Å². The summed E-state index contributed by atoms with van der Waals surface area (Å²) < 4.78 is 10.1. The van der Waals surface area contributed by atoms with E-state index in [0.29, 0.717) is 12.5 Å². The lowest BCUT2D eigenvalue weighted by Gasteiger charge is -2.15. The Balaban J connectivity index is 1.93. The lowest BCUT2D eigenvalue weighted by molar-refractivity contribution is 0.0659. The highest BCUT2D eigenvalue weighted by Crippen LogP contribution is 2.20. The van der Waals surface area contributed by atoms with Gasteiger partial charge in [-0.1, -0.05) is 0 Å². The van der Waals surface area contributed by atoms with E-state index in [4.69, 9.17) is 14.3 Å². The van der Waals surface area contributed by atoms with E-state index in [2.05, 4.69) is 4.90 Å². The molecule has 5 heteroatoms. The maximum absolute atomic E-state index is 10.9. The molecule has 1 atom stereocenters. The van der Waals surface area contributed by atoms with E-state index in [9.17, 15) is 4.79 Å². The molecule has 0 spiro atoms. The Labute approximate surface area is 100.0 Å². The molecule has 1 N–H and O–H groups in total. The number of likely N-dealkylation sites (tertiary alicyclic amines) is 1. The SMILES string of the molecule is COCC1CCN(Cc2ccoc2C(=O)O)C1. The quantitative estimate of drug-likeness (QED) is 0.842. The Hall–Kier alpha value is -1.33. The summed E-state index contributed by atoms with van der Waals surface area (Å²) in [6.07, 6.45) is 2.54. The molecule has 1 saturated heterocycles. The Morgan fingerprint density at radius 2 is 2.53 bits per heavy atom. The lowest BCUT2D eigenvalue weighted by Crippen LogP contribution is -2.22. The lowest BCUT2D eigenvalue weighted by atomic mass is 10.1. The van der Waals surface area contributed by atoms with Crippen LogP contribution in [0, 0.1) is 5.92 Å². The van der Waals surface area contributed by atoms with Gasteiger partial charge in [0.1, 0.15) is 0 Å². The van der Waals surface area contributed by atoms with Crippen molar-refractivity contribution in [3.63, 3.8) is 0 Å². The molecule has 1 aromatic heterocycles. The first-order valence-corrected chi connectivity index (χ1v) is 5.71. The molecule has 1 fully saturated rings. The third-order valence-corrected chi connectivity index (χ3v) is 3.11. The smallest absolute Gasteiger partial charge is 0.372 e. The van der Waals surface area contributed by atoms with Crippen LogP contribution in [0.25, 0.3) is 0 Å². The van der Waals surface area contributed by atoms with Crippen molar-refractivity contribution < 1.29 is 19.1 Å². The predicted molar refractivity (Wildman–Crippen MR) is 60.9 cm³/mol. The molecule has 0 aromatic carbocycles. The highest BCUT2D eigenvalue weighted by atomic mass is 16.5. The minimum absolute atomic E-state index is 0.0557. The molecule has 0 bridgehead atoms. The number of ether oxygens (including phenoxy) is 1. The number of hydrogen-bond donors (Lipinski definition) is 1. The monoisotopic (exact) mass is 239 g/mol. The highest BCUT2D eigenvalue weighted by Gasteiger charge is 2.24. The van der Waals surface area contributed by atoms with Gasteiger partial charge in [0, 0.05) is 25.8 Å². The summed E-state index contributed by atoms with van der Waals surface area (Å²) in [5.41, 5.74) is 0.746. The number of aromatic carboxylic acids is 1. The van der Waals surface area contributed by atoms with Crippen LogP contribution in [-0.2, 0) is 11.3 Å². The summed E-state index contributed by atoms with van der Waals surface area (Å²) in [6, 6.07) is 1.73. The van der Waals surface area contributed by atoms with Crippen LogP contribution in [0.15, 0.2) is 16.7 Å². The van der Waals surface area contributed by atoms with Gasteiger partial charge in [-0.05, 0) is 24.9 Å². The summed E-state index contributed by atoms with van der Waals surface area (Å²) in [4.78, 5) is 13.1. The van der Waals surface area contributed by atoms with Crippen LogP contribution >= 0.6 is 0 Å². The summed E-state index contributed by atoms with van der Waals surface area (Å²) in [7, 11) is 1.71. The van der Waals surface area contributed by atoms with Gasteiger partial charge in [-0.3, -0.25) is 4.90 Å². The van der Waals surface area contributed by atoms with Crippen molar-refractivity contribution in [1.29, 1.82) is 0 Å². The Bertz CT molecular complexity index is 388. The average Bonchev–Trinajstić information content (AvgIpc) is 2.89. The van der Waals surface area contributed by atoms with E-state index >= 15 is 0 Å². The summed E-state index contributed by atoms with van der Waals surface area (Å²) in [6.45, 7) is 3.35. The van der Waals surface area contributed by atoms with Crippen LogP contribution in [0.5, 0.6) is 0 Å². The number of methoxy groups -OCH3 is 1. The number of hydrogen-bond acceptors (Lipinski definition) is 4. The van der Waals surface area contributed by atoms with Crippen LogP contribution in [0.4, 0.5) is 0 Å². The third kappa shape index (κ3) is 2.87. The van der Waals surface area contributed by atoms with Gasteiger partial charge < -0.3 is 14.3 Å². The predicted octanol–water partition coefficient (Wildman–Crippen LogP) is 1.45. The average molecular weight is 239 g/mol. The number of carboxylic acid groups (broad SMARTS) is 1. The van der Waals surface area contributed by atoms with Crippen molar-refractivity contribution in [2.24, 2.45) is 5.92 Å². The second kappa shape index (κ2) is 5.33. The van der Waals surface area contributed by atoms with E-state index in [0.717, 1.165) is 31.7 Å². The summed E-state index contributed by atoms with van der Waals surface area (Å²) in [5.74, 6) is -0.391. The highest BCUT2D eigenvalue weighted by molar-refractivity contribution is 5.86. The molecule has 94 valence electrons. The third-order valence-electron chi connectivity index (χ3n) is 3.11. The van der Waals surface area contributed by atoms with E-state index in [1.54, 1.807) is 13.2 Å². The molecule has 1 aliphatic rings. The van der Waals surface area contributed by atoms with Gasteiger partial charge in [0.15, 0.2) is 0 Å². The van der Waals surface area contributed by atoms with Crippen molar-refractivity contribution in [1.82, 2.24) is 4.90 Å². The van der Waals surface area contributed by atoms with Crippen LogP contribution < -0.4 is 0 Å². The molecule has 17 heavy (non-hydrogen) atoms. The minimum Gasteiger partial charge on any atom is -0.475 e. The van der Waals surface area contributed by atoms with E-state index in [1.807, 2.05) is 0 Å². The molecule has 0 aliphatic carbocycles. The van der Waals surface area contributed by atoms with Crippen molar-refractivity contribution in [2.45, 2.75) is 13.0 Å². The molecule has 2 rings (SSSR count). The molecule has 0 amide bonds. The molecule has 0 saturated carbocycles. The van der Waals surface area contributed by atoms with Crippen LogP contribution in [0.3, 0.4) is 0 Å². The van der Waals surface area contributed by atoms with Gasteiger partial charge in [0.05, 0.1) is 12.9 Å². The molecular formula is C12H17NO4. The topological polar surface area (TPSA) is 62.9 Å². The van der Waals surface area contributed by atoms with E-state index in [1.165, 1.54) is 6.26 Å². The number of carbonyl (C=O) groups is 1. The standard InChI is InChI=1S/C12H17NO4/c1-16-8-9-2-4-13(6-9)7-10-3-5-17-11(10)12(14)15/h3,5,9H,2,4,6-8H2,1H3,(H,14,15). The number of rotatable bonds is 5. The van der Waals surface area contributed by atoms with Crippen LogP contribution in [0.2, 0.25) is 0 Å². The Morgan fingerprint density at radius 1 is 1.71 bits per heavy atom. The molecular weight excluding hydrogens is 222 g/mol. The number of nitrogens with zero attached hydrogens (tertiary/aromatic N) is 1. The summed E-state index contributed by atoms with van der Waals surface area (Å²) >= 11 is 0. The zero-order chi connectivity index (χ0) is 12.3. The molecule has 1 aromatic rings. The zero-order valence-corrected chi connectivity index (χ0v) is 9.89. The van der Waals surface area contributed by atoms with Crippen molar-refractivity contribution in [3.8, 4) is 0 Å². The fourth-order valence-electron chi connectivity index (χ4n) is 2.32. The van der Waals surface area contributed by atoms with Crippen LogP contribution in [0.1, 0.15) is 22.5 Å². The first-order chi connectivity index (χ1) is 8.20.